The van der Waals surface area contributed by atoms with E-state index < -0.39 is 0 Å². The lowest BCUT2D eigenvalue weighted by Gasteiger charge is -1.88. The fraction of sp³-hybridized carbons (Fsp3) is 0. The van der Waals surface area contributed by atoms with Gasteiger partial charge in [0.25, 0.3) is 0 Å². The van der Waals surface area contributed by atoms with Crippen molar-refractivity contribution in [2.45, 2.75) is 0 Å². The molecule has 0 spiro atoms. The lowest BCUT2D eigenvalue weighted by molar-refractivity contribution is 0.543. The Bertz CT molecular complexity index is 579. The van der Waals surface area contributed by atoms with Crippen LogP contribution in [0.3, 0.4) is 0 Å². The number of oxazole rings is 1. The van der Waals surface area contributed by atoms with Gasteiger partial charge < -0.3 is 10.2 Å². The molecule has 0 bridgehead atoms. The lowest BCUT2D eigenvalue weighted by Crippen LogP contribution is -1.95. The zero-order chi connectivity index (χ0) is 10.3. The Morgan fingerprint density at radius 2 is 2.13 bits per heavy atom. The van der Waals surface area contributed by atoms with E-state index in [1.165, 1.54) is 11.0 Å². The van der Waals surface area contributed by atoms with Crippen LogP contribution in [0.25, 0.3) is 17.1 Å². The smallest absolute Gasteiger partial charge is 0.325 e. The van der Waals surface area contributed by atoms with Gasteiger partial charge in [-0.25, -0.2) is 4.98 Å². The number of benzene rings is 1. The first-order valence-corrected chi connectivity index (χ1v) is 4.36. The second kappa shape index (κ2) is 2.81. The molecule has 0 saturated carbocycles. The molecular formula is C9H7N5O. The van der Waals surface area contributed by atoms with Crippen LogP contribution < -0.4 is 5.73 Å². The molecule has 2 heterocycles. The molecule has 0 amide bonds. The Hall–Kier alpha value is -2.37. The molecular weight excluding hydrogens is 194 g/mol. The van der Waals surface area contributed by atoms with E-state index in [0.29, 0.717) is 11.6 Å². The maximum absolute atomic E-state index is 5.46. The van der Waals surface area contributed by atoms with Crippen LogP contribution in [-0.2, 0) is 0 Å². The van der Waals surface area contributed by atoms with Gasteiger partial charge in [0, 0.05) is 0 Å². The highest BCUT2D eigenvalue weighted by atomic mass is 16.4. The molecule has 0 saturated heterocycles. The van der Waals surface area contributed by atoms with Gasteiger partial charge in [-0.3, -0.25) is 0 Å². The van der Waals surface area contributed by atoms with E-state index in [0.717, 1.165) is 5.52 Å². The Morgan fingerprint density at radius 1 is 1.27 bits per heavy atom. The standard InChI is InChI=1S/C9H7N5O/c10-8-11-5-14(13-8)9-12-6-3-1-2-4-7(6)15-9/h1-5H,(H2,10,13). The van der Waals surface area contributed by atoms with Crippen LogP contribution in [0.5, 0.6) is 0 Å². The minimum absolute atomic E-state index is 0.192. The van der Waals surface area contributed by atoms with Crippen molar-refractivity contribution in [2.24, 2.45) is 0 Å². The summed E-state index contributed by atoms with van der Waals surface area (Å²) in [7, 11) is 0. The number of nitrogens with zero attached hydrogens (tertiary/aromatic N) is 4. The predicted molar refractivity (Wildman–Crippen MR) is 53.3 cm³/mol. The Kier molecular flexibility index (Phi) is 1.49. The van der Waals surface area contributed by atoms with Crippen molar-refractivity contribution in [3.63, 3.8) is 0 Å². The molecule has 2 N–H and O–H groups in total. The highest BCUT2D eigenvalue weighted by molar-refractivity contribution is 5.73. The molecule has 74 valence electrons. The Morgan fingerprint density at radius 3 is 2.87 bits per heavy atom. The van der Waals surface area contributed by atoms with E-state index in [1.807, 2.05) is 24.3 Å². The third kappa shape index (κ3) is 1.23. The summed E-state index contributed by atoms with van der Waals surface area (Å²) in [6, 6.07) is 7.84. The van der Waals surface area contributed by atoms with Crippen LogP contribution in [0, 0.1) is 0 Å². The van der Waals surface area contributed by atoms with Gasteiger partial charge in [0.2, 0.25) is 5.95 Å². The minimum Gasteiger partial charge on any atom is -0.422 e. The summed E-state index contributed by atoms with van der Waals surface area (Å²) in [5, 5.41) is 3.90. The van der Waals surface area contributed by atoms with Crippen molar-refractivity contribution in [2.75, 3.05) is 5.73 Å². The average Bonchev–Trinajstić information content (AvgIpc) is 2.82. The summed E-state index contributed by atoms with van der Waals surface area (Å²) in [5.74, 6) is 0.192. The number of hydrogen-bond acceptors (Lipinski definition) is 5. The normalized spacial score (nSPS) is 10.9. The second-order valence-electron chi connectivity index (χ2n) is 3.01. The topological polar surface area (TPSA) is 82.8 Å². The van der Waals surface area contributed by atoms with Gasteiger partial charge in [-0.2, -0.15) is 9.67 Å². The summed E-state index contributed by atoms with van der Waals surface area (Å²) in [6.45, 7) is 0. The van der Waals surface area contributed by atoms with E-state index in [4.69, 9.17) is 10.2 Å². The van der Waals surface area contributed by atoms with Crippen molar-refractivity contribution in [3.8, 4) is 6.01 Å². The van der Waals surface area contributed by atoms with Gasteiger partial charge in [0.15, 0.2) is 5.58 Å². The number of fused-ring (bicyclic) bond motifs is 1. The molecule has 3 aromatic rings. The summed E-state index contributed by atoms with van der Waals surface area (Å²) >= 11 is 0. The summed E-state index contributed by atoms with van der Waals surface area (Å²) in [5.41, 5.74) is 6.89. The number of aromatic nitrogens is 4. The Balaban J connectivity index is 2.19. The summed E-state index contributed by atoms with van der Waals surface area (Å²) in [4.78, 5) is 8.03. The summed E-state index contributed by atoms with van der Waals surface area (Å²) < 4.78 is 6.86. The van der Waals surface area contributed by atoms with Crippen molar-refractivity contribution < 1.29 is 4.42 Å². The largest absolute Gasteiger partial charge is 0.422 e. The maximum atomic E-state index is 5.46. The number of nitrogens with two attached hydrogens (primary N) is 1. The highest BCUT2D eigenvalue weighted by Crippen LogP contribution is 2.16. The molecule has 0 radical (unpaired) electrons. The zero-order valence-electron chi connectivity index (χ0n) is 7.66. The van der Waals surface area contributed by atoms with Gasteiger partial charge in [0.1, 0.15) is 11.8 Å². The molecule has 0 atom stereocenters. The first kappa shape index (κ1) is 7.98. The fourth-order valence-electron chi connectivity index (χ4n) is 1.33. The van der Waals surface area contributed by atoms with Crippen LogP contribution in [0.4, 0.5) is 5.95 Å². The number of anilines is 1. The van der Waals surface area contributed by atoms with Crippen LogP contribution >= 0.6 is 0 Å². The number of rotatable bonds is 1. The first-order chi connectivity index (χ1) is 7.33. The van der Waals surface area contributed by atoms with Crippen molar-refractivity contribution in [3.05, 3.63) is 30.6 Å². The molecule has 0 aliphatic heterocycles. The van der Waals surface area contributed by atoms with Crippen molar-refractivity contribution in [1.82, 2.24) is 19.7 Å². The van der Waals surface area contributed by atoms with Crippen LogP contribution in [-0.4, -0.2) is 19.7 Å². The monoisotopic (exact) mass is 201 g/mol. The molecule has 6 nitrogen and oxygen atoms in total. The lowest BCUT2D eigenvalue weighted by atomic mass is 10.3. The third-order valence-corrected chi connectivity index (χ3v) is 1.99. The van der Waals surface area contributed by atoms with Gasteiger partial charge in [0.05, 0.1) is 0 Å². The second-order valence-corrected chi connectivity index (χ2v) is 3.01. The molecule has 1 aromatic carbocycles. The first-order valence-electron chi connectivity index (χ1n) is 4.36. The van der Waals surface area contributed by atoms with Crippen molar-refractivity contribution in [1.29, 1.82) is 0 Å². The van der Waals surface area contributed by atoms with Gasteiger partial charge in [-0.05, 0) is 12.1 Å². The molecule has 0 aliphatic rings. The van der Waals surface area contributed by atoms with Gasteiger partial charge in [-0.15, -0.1) is 5.10 Å². The van der Waals surface area contributed by atoms with Crippen molar-refractivity contribution >= 4 is 17.0 Å². The number of para-hydroxylation sites is 2. The predicted octanol–water partition coefficient (Wildman–Crippen LogP) is 0.991. The van der Waals surface area contributed by atoms with E-state index in [2.05, 4.69) is 15.1 Å². The van der Waals surface area contributed by atoms with Crippen LogP contribution in [0.1, 0.15) is 0 Å². The average molecular weight is 201 g/mol. The zero-order valence-corrected chi connectivity index (χ0v) is 7.66. The SMILES string of the molecule is Nc1ncn(-c2nc3ccccc3o2)n1. The van der Waals surface area contributed by atoms with Gasteiger partial charge >= 0.3 is 6.01 Å². The van der Waals surface area contributed by atoms with Gasteiger partial charge in [-0.1, -0.05) is 12.1 Å². The molecule has 3 rings (SSSR count). The quantitative estimate of drug-likeness (QED) is 0.634. The third-order valence-electron chi connectivity index (χ3n) is 1.99. The van der Waals surface area contributed by atoms with Crippen LogP contribution in [0.15, 0.2) is 35.0 Å². The molecule has 0 aliphatic carbocycles. The van der Waals surface area contributed by atoms with E-state index in [1.54, 1.807) is 0 Å². The molecule has 2 aromatic heterocycles. The van der Waals surface area contributed by atoms with E-state index >= 15 is 0 Å². The van der Waals surface area contributed by atoms with E-state index in [-0.39, 0.29) is 5.95 Å². The molecule has 0 unspecified atom stereocenters. The highest BCUT2D eigenvalue weighted by Gasteiger charge is 2.08. The van der Waals surface area contributed by atoms with E-state index in [9.17, 15) is 0 Å². The maximum Gasteiger partial charge on any atom is 0.325 e. The molecule has 0 fully saturated rings. The minimum atomic E-state index is 0.192. The summed E-state index contributed by atoms with van der Waals surface area (Å²) in [6.07, 6.45) is 1.46. The number of hydrogen-bond donors (Lipinski definition) is 1. The Labute approximate surface area is 84.4 Å². The van der Waals surface area contributed by atoms with Crippen LogP contribution in [0.2, 0.25) is 0 Å². The molecule has 6 heteroatoms. The molecule has 15 heavy (non-hydrogen) atoms. The number of nitrogen functional groups attached to an aromatic ring is 1. The fourth-order valence-corrected chi connectivity index (χ4v) is 1.33.